The molecule has 0 amide bonds. The lowest BCUT2D eigenvalue weighted by molar-refractivity contribution is -0.155. The summed E-state index contributed by atoms with van der Waals surface area (Å²) in [6, 6.07) is 3.08. The number of carbonyl (C=O) groups excluding carboxylic acids is 1. The number of carbonyl (C=O) groups is 1. The van der Waals surface area contributed by atoms with Crippen LogP contribution in [0.4, 0.5) is 18.9 Å². The number of ether oxygens (including phenoxy) is 2. The third-order valence-corrected chi connectivity index (χ3v) is 4.59. The molecule has 0 bridgehead atoms. The van der Waals surface area contributed by atoms with Gasteiger partial charge in [-0.25, -0.2) is 4.79 Å². The maximum absolute atomic E-state index is 13.2. The Morgan fingerprint density at radius 1 is 1.12 bits per heavy atom. The zero-order valence-corrected chi connectivity index (χ0v) is 13.4. The average Bonchev–Trinajstić information content (AvgIpc) is 3.32. The van der Waals surface area contributed by atoms with E-state index in [9.17, 15) is 18.0 Å². The van der Waals surface area contributed by atoms with Crippen molar-refractivity contribution in [3.63, 3.8) is 0 Å². The normalized spacial score (nSPS) is 24.6. The fraction of sp³-hybridized carbons (Fsp3) is 0.588. The van der Waals surface area contributed by atoms with Crippen LogP contribution in [-0.4, -0.2) is 37.4 Å². The van der Waals surface area contributed by atoms with Gasteiger partial charge in [0.2, 0.25) is 0 Å². The fourth-order valence-corrected chi connectivity index (χ4v) is 3.30. The van der Waals surface area contributed by atoms with Gasteiger partial charge in [0, 0.05) is 5.69 Å². The van der Waals surface area contributed by atoms with Gasteiger partial charge < -0.3 is 14.4 Å². The maximum atomic E-state index is 13.2. The number of anilines is 1. The molecule has 1 aromatic carbocycles. The number of hydrogen-bond donors (Lipinski definition) is 0. The van der Waals surface area contributed by atoms with Crippen molar-refractivity contribution in [3.8, 4) is 5.75 Å². The van der Waals surface area contributed by atoms with Crippen molar-refractivity contribution < 1.29 is 27.4 Å². The lowest BCUT2D eigenvalue weighted by Gasteiger charge is -2.21. The molecule has 0 spiro atoms. The highest BCUT2D eigenvalue weighted by molar-refractivity contribution is 5.88. The number of esters is 1. The second-order valence-electron chi connectivity index (χ2n) is 6.23. The summed E-state index contributed by atoms with van der Waals surface area (Å²) in [4.78, 5) is 13.3. The molecule has 2 fully saturated rings. The first-order chi connectivity index (χ1) is 11.4. The lowest BCUT2D eigenvalue weighted by atomic mass is 9.98. The molecule has 1 aliphatic carbocycles. The van der Waals surface area contributed by atoms with Gasteiger partial charge in [-0.05, 0) is 49.9 Å². The number of methoxy groups -OCH3 is 1. The van der Waals surface area contributed by atoms with E-state index < -0.39 is 24.2 Å². The minimum absolute atomic E-state index is 0.251. The van der Waals surface area contributed by atoms with Crippen molar-refractivity contribution in [1.29, 1.82) is 0 Å². The highest BCUT2D eigenvalue weighted by Gasteiger charge is 2.67. The summed E-state index contributed by atoms with van der Waals surface area (Å²) in [6.07, 6.45) is -0.272. The summed E-state index contributed by atoms with van der Waals surface area (Å²) in [5.41, 5.74) is 0.337. The van der Waals surface area contributed by atoms with Gasteiger partial charge >= 0.3 is 12.1 Å². The number of halogens is 3. The molecule has 1 aliphatic heterocycles. The Balaban J connectivity index is 1.73. The van der Waals surface area contributed by atoms with Crippen LogP contribution in [0.15, 0.2) is 24.3 Å². The predicted octanol–water partition coefficient (Wildman–Crippen LogP) is 3.69. The quantitative estimate of drug-likeness (QED) is 0.617. The Kier molecular flexibility index (Phi) is 4.60. The van der Waals surface area contributed by atoms with Crippen LogP contribution in [0, 0.1) is 0 Å². The Morgan fingerprint density at radius 2 is 1.75 bits per heavy atom. The first-order valence-corrected chi connectivity index (χ1v) is 8.11. The van der Waals surface area contributed by atoms with Gasteiger partial charge in [0.25, 0.3) is 0 Å². The van der Waals surface area contributed by atoms with Crippen LogP contribution < -0.4 is 9.64 Å². The molecular weight excluding hydrogens is 323 g/mol. The van der Waals surface area contributed by atoms with E-state index in [0.717, 1.165) is 37.0 Å². The van der Waals surface area contributed by atoms with Gasteiger partial charge in [-0.1, -0.05) is 6.42 Å². The van der Waals surface area contributed by atoms with Gasteiger partial charge in [0.05, 0.1) is 7.11 Å². The number of nitrogens with zero attached hydrogens (tertiary/aromatic N) is 1. The average molecular weight is 343 g/mol. The molecule has 1 aromatic rings. The largest absolute Gasteiger partial charge is 0.497 e. The molecule has 7 heteroatoms. The summed E-state index contributed by atoms with van der Waals surface area (Å²) in [6.45, 7) is 0. The number of hydrogen-bond acceptors (Lipinski definition) is 4. The van der Waals surface area contributed by atoms with Crippen molar-refractivity contribution in [2.45, 2.75) is 56.5 Å². The predicted molar refractivity (Wildman–Crippen MR) is 82.1 cm³/mol. The molecule has 0 aromatic heterocycles. The zero-order chi connectivity index (χ0) is 17.3. The SMILES string of the molecule is COc1ccc(N2[C@H](C(=O)OC3CCCCC3)[C@@H]2C(F)(F)F)cc1. The van der Waals surface area contributed by atoms with E-state index in [1.165, 1.54) is 19.2 Å². The molecule has 0 N–H and O–H groups in total. The minimum Gasteiger partial charge on any atom is -0.497 e. The van der Waals surface area contributed by atoms with Crippen LogP contribution in [0.5, 0.6) is 5.75 Å². The minimum atomic E-state index is -4.48. The first-order valence-electron chi connectivity index (χ1n) is 8.11. The van der Waals surface area contributed by atoms with Gasteiger partial charge in [0.15, 0.2) is 12.1 Å². The van der Waals surface area contributed by atoms with Crippen molar-refractivity contribution >= 4 is 11.7 Å². The molecule has 4 nitrogen and oxygen atoms in total. The molecule has 0 unspecified atom stereocenters. The topological polar surface area (TPSA) is 38.5 Å². The monoisotopic (exact) mass is 343 g/mol. The van der Waals surface area contributed by atoms with Gasteiger partial charge in [-0.15, -0.1) is 0 Å². The first kappa shape index (κ1) is 16.9. The summed E-state index contributed by atoms with van der Waals surface area (Å²) in [7, 11) is 1.48. The van der Waals surface area contributed by atoms with E-state index in [1.54, 1.807) is 12.1 Å². The van der Waals surface area contributed by atoms with E-state index in [0.29, 0.717) is 11.4 Å². The third-order valence-electron chi connectivity index (χ3n) is 4.59. The zero-order valence-electron chi connectivity index (χ0n) is 13.4. The number of alkyl halides is 3. The fourth-order valence-electron chi connectivity index (χ4n) is 3.30. The summed E-state index contributed by atoms with van der Waals surface area (Å²) >= 11 is 0. The molecule has 132 valence electrons. The maximum Gasteiger partial charge on any atom is 0.411 e. The third kappa shape index (κ3) is 3.44. The summed E-state index contributed by atoms with van der Waals surface area (Å²) in [5, 5.41) is 0. The van der Waals surface area contributed by atoms with E-state index in [4.69, 9.17) is 9.47 Å². The van der Waals surface area contributed by atoms with E-state index >= 15 is 0 Å². The summed E-state index contributed by atoms with van der Waals surface area (Å²) < 4.78 is 50.0. The van der Waals surface area contributed by atoms with Crippen LogP contribution in [0.2, 0.25) is 0 Å². The second kappa shape index (κ2) is 6.53. The van der Waals surface area contributed by atoms with Crippen LogP contribution in [0.25, 0.3) is 0 Å². The van der Waals surface area contributed by atoms with Gasteiger partial charge in [-0.3, -0.25) is 0 Å². The van der Waals surface area contributed by atoms with E-state index in [2.05, 4.69) is 0 Å². The number of benzene rings is 1. The van der Waals surface area contributed by atoms with Gasteiger partial charge in [-0.2, -0.15) is 13.2 Å². The van der Waals surface area contributed by atoms with E-state index in [-0.39, 0.29) is 6.10 Å². The molecular formula is C17H20F3NO3. The van der Waals surface area contributed by atoms with Crippen LogP contribution in [-0.2, 0) is 9.53 Å². The lowest BCUT2D eigenvalue weighted by Crippen LogP contribution is -2.28. The highest BCUT2D eigenvalue weighted by Crippen LogP contribution is 2.46. The number of rotatable bonds is 4. The van der Waals surface area contributed by atoms with E-state index in [1.807, 2.05) is 0 Å². The van der Waals surface area contributed by atoms with Crippen molar-refractivity contribution in [1.82, 2.24) is 0 Å². The highest BCUT2D eigenvalue weighted by atomic mass is 19.4. The second-order valence-corrected chi connectivity index (χ2v) is 6.23. The molecule has 1 saturated carbocycles. The Morgan fingerprint density at radius 3 is 2.29 bits per heavy atom. The van der Waals surface area contributed by atoms with Crippen molar-refractivity contribution in [2.24, 2.45) is 0 Å². The van der Waals surface area contributed by atoms with Crippen LogP contribution in [0.1, 0.15) is 32.1 Å². The molecule has 2 aliphatic rings. The van der Waals surface area contributed by atoms with Crippen LogP contribution in [0.3, 0.4) is 0 Å². The standard InChI is InChI=1S/C17H20F3NO3/c1-23-12-9-7-11(8-10-12)21-14(15(21)17(18,19)20)16(22)24-13-5-3-2-4-6-13/h7-10,13-15H,2-6H2,1H3/t14-,15+,21?/m0/s1. The Hall–Kier alpha value is -1.92. The van der Waals surface area contributed by atoms with Crippen molar-refractivity contribution in [2.75, 3.05) is 12.0 Å². The summed E-state index contributed by atoms with van der Waals surface area (Å²) in [5.74, 6) is -0.231. The van der Waals surface area contributed by atoms with Gasteiger partial charge in [0.1, 0.15) is 11.9 Å². The molecule has 3 rings (SSSR count). The Bertz CT molecular complexity index is 582. The molecule has 2 atom stereocenters. The molecule has 1 heterocycles. The molecule has 1 saturated heterocycles. The Labute approximate surface area is 138 Å². The smallest absolute Gasteiger partial charge is 0.411 e. The van der Waals surface area contributed by atoms with Crippen molar-refractivity contribution in [3.05, 3.63) is 24.3 Å². The molecule has 24 heavy (non-hydrogen) atoms. The molecule has 0 radical (unpaired) electrons. The van der Waals surface area contributed by atoms with Crippen LogP contribution >= 0.6 is 0 Å².